The molecule has 2 heterocycles. The zero-order chi connectivity index (χ0) is 14.1. The van der Waals surface area contributed by atoms with Crippen molar-refractivity contribution in [2.45, 2.75) is 17.2 Å². The molecular weight excluding hydrogens is 278 g/mol. The van der Waals surface area contributed by atoms with Gasteiger partial charge in [0.15, 0.2) is 0 Å². The molecule has 0 saturated carbocycles. The summed E-state index contributed by atoms with van der Waals surface area (Å²) in [5.74, 6) is -0.620. The van der Waals surface area contributed by atoms with Crippen LogP contribution in [0, 0.1) is 6.92 Å². The molecule has 0 aliphatic heterocycles. The Kier molecular flexibility index (Phi) is 3.11. The number of carboxylic acid groups (broad SMARTS) is 1. The summed E-state index contributed by atoms with van der Waals surface area (Å²) in [6.07, 6.45) is 0. The number of pyridine rings is 1. The third-order valence-corrected chi connectivity index (χ3v) is 3.46. The van der Waals surface area contributed by atoms with Crippen LogP contribution in [0.5, 0.6) is 0 Å². The molecule has 0 bridgehead atoms. The van der Waals surface area contributed by atoms with Gasteiger partial charge in [-0.05, 0) is 23.2 Å². The van der Waals surface area contributed by atoms with E-state index in [0.29, 0.717) is 16.1 Å². The second-order valence-electron chi connectivity index (χ2n) is 4.03. The molecule has 20 heavy (non-hydrogen) atoms. The molecule has 3 rings (SSSR count). The molecular formula is C13H9N3O3S. The lowest BCUT2D eigenvalue weighted by Gasteiger charge is -2.04. The predicted octanol–water partition coefficient (Wildman–Crippen LogP) is 2.78. The monoisotopic (exact) mass is 287 g/mol. The maximum absolute atomic E-state index is 11.1. The number of benzene rings is 1. The lowest BCUT2D eigenvalue weighted by Crippen LogP contribution is -2.01. The van der Waals surface area contributed by atoms with E-state index in [0.717, 1.165) is 22.5 Å². The molecule has 0 radical (unpaired) electrons. The lowest BCUT2D eigenvalue weighted by molar-refractivity contribution is 0.0690. The molecule has 100 valence electrons. The number of rotatable bonds is 3. The van der Waals surface area contributed by atoms with Crippen molar-refractivity contribution in [2.75, 3.05) is 0 Å². The summed E-state index contributed by atoms with van der Waals surface area (Å²) in [6.45, 7) is 1.69. The van der Waals surface area contributed by atoms with Crippen molar-refractivity contribution in [3.63, 3.8) is 0 Å². The minimum Gasteiger partial charge on any atom is -0.477 e. The predicted molar refractivity (Wildman–Crippen MR) is 71.9 cm³/mol. The molecule has 0 spiro atoms. The molecule has 7 heteroatoms. The Bertz CT molecular complexity index is 800. The topological polar surface area (TPSA) is 89.1 Å². The number of aromatic nitrogens is 3. The first-order valence-electron chi connectivity index (χ1n) is 5.74. The van der Waals surface area contributed by atoms with Crippen molar-refractivity contribution in [3.8, 4) is 0 Å². The minimum absolute atomic E-state index is 0.0116. The van der Waals surface area contributed by atoms with Gasteiger partial charge in [0.2, 0.25) is 5.89 Å². The Balaban J connectivity index is 2.14. The van der Waals surface area contributed by atoms with Crippen molar-refractivity contribution < 1.29 is 14.3 Å². The molecule has 0 fully saturated rings. The van der Waals surface area contributed by atoms with Crippen LogP contribution in [0.15, 0.2) is 45.0 Å². The molecule has 0 unspecified atom stereocenters. The van der Waals surface area contributed by atoms with E-state index in [1.807, 2.05) is 24.3 Å². The van der Waals surface area contributed by atoms with E-state index in [-0.39, 0.29) is 5.69 Å². The van der Waals surface area contributed by atoms with Gasteiger partial charge in [0, 0.05) is 12.3 Å². The number of carboxylic acids is 1. The number of aromatic carboxylic acids is 1. The average molecular weight is 287 g/mol. The molecule has 0 aliphatic rings. The van der Waals surface area contributed by atoms with Crippen LogP contribution in [0.4, 0.5) is 0 Å². The summed E-state index contributed by atoms with van der Waals surface area (Å²) in [6, 6.07) is 8.97. The normalized spacial score (nSPS) is 10.8. The van der Waals surface area contributed by atoms with Crippen molar-refractivity contribution in [1.29, 1.82) is 0 Å². The van der Waals surface area contributed by atoms with Gasteiger partial charge in [0.05, 0.1) is 0 Å². The number of aryl methyl sites for hydroxylation is 1. The SMILES string of the molecule is Cc1nnc(Sc2nc(C(=O)O)cc3ccccc23)o1. The highest BCUT2D eigenvalue weighted by molar-refractivity contribution is 7.99. The van der Waals surface area contributed by atoms with E-state index in [1.165, 1.54) is 0 Å². The van der Waals surface area contributed by atoms with Crippen LogP contribution in [0.3, 0.4) is 0 Å². The molecule has 0 saturated heterocycles. The third-order valence-electron chi connectivity index (χ3n) is 2.62. The van der Waals surface area contributed by atoms with Gasteiger partial charge in [-0.25, -0.2) is 9.78 Å². The molecule has 1 N–H and O–H groups in total. The molecule has 1 aromatic carbocycles. The quantitative estimate of drug-likeness (QED) is 0.792. The van der Waals surface area contributed by atoms with Crippen LogP contribution in [0.25, 0.3) is 10.8 Å². The second kappa shape index (κ2) is 4.93. The van der Waals surface area contributed by atoms with Crippen molar-refractivity contribution in [3.05, 3.63) is 41.9 Å². The van der Waals surface area contributed by atoms with Crippen LogP contribution >= 0.6 is 11.8 Å². The van der Waals surface area contributed by atoms with E-state index >= 15 is 0 Å². The second-order valence-corrected chi connectivity index (χ2v) is 4.97. The molecule has 0 amide bonds. The van der Waals surface area contributed by atoms with E-state index in [9.17, 15) is 4.79 Å². The summed E-state index contributed by atoms with van der Waals surface area (Å²) < 4.78 is 5.29. The first-order chi connectivity index (χ1) is 9.63. The number of fused-ring (bicyclic) bond motifs is 1. The van der Waals surface area contributed by atoms with Crippen LogP contribution in [-0.4, -0.2) is 26.3 Å². The Labute approximate surface area is 117 Å². The van der Waals surface area contributed by atoms with E-state index < -0.39 is 5.97 Å². The van der Waals surface area contributed by atoms with Crippen LogP contribution < -0.4 is 0 Å². The van der Waals surface area contributed by atoms with Crippen LogP contribution in [0.1, 0.15) is 16.4 Å². The Hall–Kier alpha value is -2.41. The lowest BCUT2D eigenvalue weighted by atomic mass is 10.1. The zero-order valence-corrected chi connectivity index (χ0v) is 11.2. The zero-order valence-electron chi connectivity index (χ0n) is 10.4. The highest BCUT2D eigenvalue weighted by atomic mass is 32.2. The van der Waals surface area contributed by atoms with Gasteiger partial charge in [-0.15, -0.1) is 10.2 Å². The summed E-state index contributed by atoms with van der Waals surface area (Å²) in [4.78, 5) is 15.3. The largest absolute Gasteiger partial charge is 0.477 e. The van der Waals surface area contributed by atoms with E-state index in [2.05, 4.69) is 15.2 Å². The fourth-order valence-corrected chi connectivity index (χ4v) is 2.61. The van der Waals surface area contributed by atoms with E-state index in [1.54, 1.807) is 13.0 Å². The fourth-order valence-electron chi connectivity index (χ4n) is 1.76. The summed E-state index contributed by atoms with van der Waals surface area (Å²) in [5, 5.41) is 19.3. The molecule has 2 aromatic heterocycles. The minimum atomic E-state index is -1.07. The average Bonchev–Trinajstić information content (AvgIpc) is 2.84. The summed E-state index contributed by atoms with van der Waals surface area (Å²) in [5.41, 5.74) is -0.0116. The molecule has 0 aliphatic carbocycles. The standard InChI is InChI=1S/C13H9N3O3S/c1-7-15-16-13(19-7)20-11-9-5-3-2-4-8(9)6-10(14-11)12(17)18/h2-6H,1H3,(H,17,18). The maximum atomic E-state index is 11.1. The van der Waals surface area contributed by atoms with Crippen molar-refractivity contribution >= 4 is 28.5 Å². The number of carbonyl (C=O) groups is 1. The molecule has 0 atom stereocenters. The van der Waals surface area contributed by atoms with Gasteiger partial charge in [-0.2, -0.15) is 0 Å². The fraction of sp³-hybridized carbons (Fsp3) is 0.0769. The van der Waals surface area contributed by atoms with Gasteiger partial charge in [0.25, 0.3) is 5.22 Å². The third kappa shape index (κ3) is 2.35. The van der Waals surface area contributed by atoms with Crippen molar-refractivity contribution in [1.82, 2.24) is 15.2 Å². The van der Waals surface area contributed by atoms with Crippen LogP contribution in [-0.2, 0) is 0 Å². The molecule has 6 nitrogen and oxygen atoms in total. The Morgan fingerprint density at radius 1 is 1.30 bits per heavy atom. The number of nitrogens with zero attached hydrogens (tertiary/aromatic N) is 3. The first kappa shape index (κ1) is 12.6. The highest BCUT2D eigenvalue weighted by Crippen LogP contribution is 2.31. The molecule has 3 aromatic rings. The van der Waals surface area contributed by atoms with Gasteiger partial charge in [-0.3, -0.25) is 0 Å². The maximum Gasteiger partial charge on any atom is 0.354 e. The number of hydrogen-bond donors (Lipinski definition) is 1. The van der Waals surface area contributed by atoms with E-state index in [4.69, 9.17) is 9.52 Å². The smallest absolute Gasteiger partial charge is 0.354 e. The Morgan fingerprint density at radius 2 is 2.10 bits per heavy atom. The van der Waals surface area contributed by atoms with Gasteiger partial charge < -0.3 is 9.52 Å². The first-order valence-corrected chi connectivity index (χ1v) is 6.56. The summed E-state index contributed by atoms with van der Waals surface area (Å²) >= 11 is 1.15. The number of hydrogen-bond acceptors (Lipinski definition) is 6. The van der Waals surface area contributed by atoms with Gasteiger partial charge >= 0.3 is 5.97 Å². The Morgan fingerprint density at radius 3 is 2.80 bits per heavy atom. The van der Waals surface area contributed by atoms with Crippen LogP contribution in [0.2, 0.25) is 0 Å². The van der Waals surface area contributed by atoms with Gasteiger partial charge in [-0.1, -0.05) is 24.3 Å². The summed E-state index contributed by atoms with van der Waals surface area (Å²) in [7, 11) is 0. The highest BCUT2D eigenvalue weighted by Gasteiger charge is 2.14. The van der Waals surface area contributed by atoms with Crippen molar-refractivity contribution in [2.24, 2.45) is 0 Å². The van der Waals surface area contributed by atoms with Gasteiger partial charge in [0.1, 0.15) is 10.7 Å².